The van der Waals surface area contributed by atoms with Crippen LogP contribution in [0.5, 0.6) is 11.5 Å². The van der Waals surface area contributed by atoms with Crippen LogP contribution >= 0.6 is 0 Å². The van der Waals surface area contributed by atoms with Gasteiger partial charge < -0.3 is 15.6 Å². The van der Waals surface area contributed by atoms with Crippen LogP contribution < -0.4 is 10.5 Å². The number of phenolic OH excluding ortho intramolecular Hbond substituents is 1. The van der Waals surface area contributed by atoms with Crippen molar-refractivity contribution in [3.05, 3.63) is 22.8 Å². The van der Waals surface area contributed by atoms with E-state index in [-0.39, 0.29) is 5.75 Å². The van der Waals surface area contributed by atoms with Crippen molar-refractivity contribution < 1.29 is 9.84 Å². The van der Waals surface area contributed by atoms with Gasteiger partial charge in [0.15, 0.2) is 11.5 Å². The highest BCUT2D eigenvalue weighted by Crippen LogP contribution is 2.35. The normalized spacial score (nSPS) is 10.5. The van der Waals surface area contributed by atoms with E-state index in [4.69, 9.17) is 10.5 Å². The molecule has 0 amide bonds. The van der Waals surface area contributed by atoms with Crippen LogP contribution in [0, 0.1) is 13.8 Å². The van der Waals surface area contributed by atoms with E-state index in [1.165, 1.54) is 5.56 Å². The Labute approximate surface area is 97.2 Å². The number of nitrogens with two attached hydrogens (primary N) is 1. The number of rotatable bonds is 5. The fourth-order valence-corrected chi connectivity index (χ4v) is 1.91. The lowest BCUT2D eigenvalue weighted by atomic mass is 9.98. The second-order valence-electron chi connectivity index (χ2n) is 4.11. The first kappa shape index (κ1) is 12.8. The molecule has 0 fully saturated rings. The minimum atomic E-state index is 0.252. The number of benzene rings is 1. The van der Waals surface area contributed by atoms with Crippen molar-refractivity contribution in [2.45, 2.75) is 33.1 Å². The molecule has 0 heterocycles. The minimum absolute atomic E-state index is 0.252. The lowest BCUT2D eigenvalue weighted by Crippen LogP contribution is -2.01. The molecule has 16 heavy (non-hydrogen) atoms. The zero-order chi connectivity index (χ0) is 12.1. The summed E-state index contributed by atoms with van der Waals surface area (Å²) in [7, 11) is 1.59. The van der Waals surface area contributed by atoms with Crippen LogP contribution in [0.2, 0.25) is 0 Å². The Bertz CT molecular complexity index is 361. The quantitative estimate of drug-likeness (QED) is 0.753. The van der Waals surface area contributed by atoms with Gasteiger partial charge in [-0.2, -0.15) is 0 Å². The monoisotopic (exact) mass is 223 g/mol. The molecule has 1 aromatic rings. The molecule has 0 unspecified atom stereocenters. The SMILES string of the molecule is COc1c(C)c(CCCCN)cc(C)c1O. The van der Waals surface area contributed by atoms with Crippen molar-refractivity contribution in [2.75, 3.05) is 13.7 Å². The van der Waals surface area contributed by atoms with Crippen LogP contribution in [0.15, 0.2) is 6.07 Å². The summed E-state index contributed by atoms with van der Waals surface area (Å²) in [6.07, 6.45) is 3.09. The Morgan fingerprint density at radius 2 is 2.00 bits per heavy atom. The Morgan fingerprint density at radius 1 is 1.31 bits per heavy atom. The van der Waals surface area contributed by atoms with Gasteiger partial charge in [0.25, 0.3) is 0 Å². The van der Waals surface area contributed by atoms with Crippen molar-refractivity contribution in [1.82, 2.24) is 0 Å². The lowest BCUT2D eigenvalue weighted by Gasteiger charge is -2.14. The van der Waals surface area contributed by atoms with Gasteiger partial charge in [-0.3, -0.25) is 0 Å². The van der Waals surface area contributed by atoms with Gasteiger partial charge in [0, 0.05) is 0 Å². The van der Waals surface area contributed by atoms with Gasteiger partial charge in [-0.1, -0.05) is 6.07 Å². The van der Waals surface area contributed by atoms with E-state index in [0.717, 1.165) is 36.9 Å². The zero-order valence-electron chi connectivity index (χ0n) is 10.3. The summed E-state index contributed by atoms with van der Waals surface area (Å²) in [5.41, 5.74) is 8.61. The molecule has 0 atom stereocenters. The number of hydrogen-bond acceptors (Lipinski definition) is 3. The standard InChI is InChI=1S/C13H21NO2/c1-9-8-11(6-4-5-7-14)10(2)13(16-3)12(9)15/h8,15H,4-7,14H2,1-3H3. The number of aromatic hydroxyl groups is 1. The van der Waals surface area contributed by atoms with E-state index in [2.05, 4.69) is 0 Å². The molecular weight excluding hydrogens is 202 g/mol. The fourth-order valence-electron chi connectivity index (χ4n) is 1.91. The van der Waals surface area contributed by atoms with Crippen molar-refractivity contribution in [1.29, 1.82) is 0 Å². The highest BCUT2D eigenvalue weighted by molar-refractivity contribution is 5.53. The molecule has 0 saturated carbocycles. The smallest absolute Gasteiger partial charge is 0.163 e. The van der Waals surface area contributed by atoms with Gasteiger partial charge in [-0.05, 0) is 56.3 Å². The van der Waals surface area contributed by atoms with Gasteiger partial charge in [-0.25, -0.2) is 0 Å². The maximum Gasteiger partial charge on any atom is 0.163 e. The van der Waals surface area contributed by atoms with E-state index in [1.54, 1.807) is 7.11 Å². The third-order valence-electron chi connectivity index (χ3n) is 2.91. The molecule has 3 nitrogen and oxygen atoms in total. The summed E-state index contributed by atoms with van der Waals surface area (Å²) in [5, 5.41) is 9.83. The maximum atomic E-state index is 9.83. The predicted molar refractivity (Wildman–Crippen MR) is 66.1 cm³/mol. The average molecular weight is 223 g/mol. The van der Waals surface area contributed by atoms with Gasteiger partial charge in [0.1, 0.15) is 0 Å². The van der Waals surface area contributed by atoms with Crippen molar-refractivity contribution in [3.8, 4) is 11.5 Å². The van der Waals surface area contributed by atoms with E-state index in [9.17, 15) is 5.11 Å². The van der Waals surface area contributed by atoms with E-state index in [1.807, 2.05) is 19.9 Å². The molecule has 0 radical (unpaired) electrons. The summed E-state index contributed by atoms with van der Waals surface area (Å²) in [4.78, 5) is 0. The summed E-state index contributed by atoms with van der Waals surface area (Å²) in [6.45, 7) is 4.60. The molecule has 0 spiro atoms. The summed E-state index contributed by atoms with van der Waals surface area (Å²) in [6, 6.07) is 2.03. The highest BCUT2D eigenvalue weighted by atomic mass is 16.5. The second-order valence-corrected chi connectivity index (χ2v) is 4.11. The Morgan fingerprint density at radius 3 is 2.56 bits per heavy atom. The maximum absolute atomic E-state index is 9.83. The summed E-state index contributed by atoms with van der Waals surface area (Å²) in [5.74, 6) is 0.852. The molecule has 3 N–H and O–H groups in total. The van der Waals surface area contributed by atoms with Gasteiger partial charge in [0.05, 0.1) is 7.11 Å². The molecular formula is C13H21NO2. The highest BCUT2D eigenvalue weighted by Gasteiger charge is 2.12. The van der Waals surface area contributed by atoms with Gasteiger partial charge in [0.2, 0.25) is 0 Å². The van der Waals surface area contributed by atoms with Crippen LogP contribution in [-0.2, 0) is 6.42 Å². The number of methoxy groups -OCH3 is 1. The molecule has 0 saturated heterocycles. The molecule has 0 bridgehead atoms. The molecule has 0 aromatic heterocycles. The lowest BCUT2D eigenvalue weighted by molar-refractivity contribution is 0.368. The average Bonchev–Trinajstić information content (AvgIpc) is 2.26. The summed E-state index contributed by atoms with van der Waals surface area (Å²) < 4.78 is 5.23. The van der Waals surface area contributed by atoms with Crippen LogP contribution in [-0.4, -0.2) is 18.8 Å². The van der Waals surface area contributed by atoms with Gasteiger partial charge in [-0.15, -0.1) is 0 Å². The van der Waals surface area contributed by atoms with E-state index in [0.29, 0.717) is 5.75 Å². The minimum Gasteiger partial charge on any atom is -0.504 e. The van der Waals surface area contributed by atoms with Crippen molar-refractivity contribution in [3.63, 3.8) is 0 Å². The second kappa shape index (κ2) is 5.75. The van der Waals surface area contributed by atoms with Crippen molar-refractivity contribution >= 4 is 0 Å². The number of unbranched alkanes of at least 4 members (excludes halogenated alkanes) is 1. The molecule has 3 heteroatoms. The van der Waals surface area contributed by atoms with Crippen LogP contribution in [0.3, 0.4) is 0 Å². The van der Waals surface area contributed by atoms with Crippen LogP contribution in [0.4, 0.5) is 0 Å². The summed E-state index contributed by atoms with van der Waals surface area (Å²) >= 11 is 0. The largest absolute Gasteiger partial charge is 0.504 e. The molecule has 1 rings (SSSR count). The molecule has 0 aliphatic carbocycles. The molecule has 0 aliphatic rings. The zero-order valence-corrected chi connectivity index (χ0v) is 10.3. The molecule has 1 aromatic carbocycles. The number of ether oxygens (including phenoxy) is 1. The first-order chi connectivity index (χ1) is 7.61. The Balaban J connectivity index is 2.96. The van der Waals surface area contributed by atoms with Gasteiger partial charge >= 0.3 is 0 Å². The third-order valence-corrected chi connectivity index (χ3v) is 2.91. The number of aryl methyl sites for hydroxylation is 2. The number of phenols is 1. The fraction of sp³-hybridized carbons (Fsp3) is 0.538. The third kappa shape index (κ3) is 2.67. The topological polar surface area (TPSA) is 55.5 Å². The first-order valence-electron chi connectivity index (χ1n) is 5.68. The van der Waals surface area contributed by atoms with Crippen LogP contribution in [0.25, 0.3) is 0 Å². The van der Waals surface area contributed by atoms with E-state index < -0.39 is 0 Å². The van der Waals surface area contributed by atoms with E-state index >= 15 is 0 Å². The predicted octanol–water partition coefficient (Wildman–Crippen LogP) is 2.30. The Kier molecular flexibility index (Phi) is 4.62. The first-order valence-corrected chi connectivity index (χ1v) is 5.68. The van der Waals surface area contributed by atoms with Crippen molar-refractivity contribution in [2.24, 2.45) is 5.73 Å². The Hall–Kier alpha value is -1.22. The number of hydrogen-bond donors (Lipinski definition) is 2. The molecule has 90 valence electrons. The molecule has 0 aliphatic heterocycles. The van der Waals surface area contributed by atoms with Crippen LogP contribution in [0.1, 0.15) is 29.5 Å².